The van der Waals surface area contributed by atoms with E-state index in [-0.39, 0.29) is 12.6 Å². The zero-order chi connectivity index (χ0) is 11.4. The number of aliphatic hydroxyl groups excluding tert-OH is 1. The first kappa shape index (κ1) is 11.0. The fraction of sp³-hybridized carbons (Fsp3) is 0.273. The third-order valence-corrected chi connectivity index (χ3v) is 3.41. The van der Waals surface area contributed by atoms with Crippen molar-refractivity contribution in [1.82, 2.24) is 9.55 Å². The molecule has 0 spiro atoms. The molecule has 0 aromatic carbocycles. The fourth-order valence-electron chi connectivity index (χ4n) is 1.69. The molecular weight excluding hydrogens is 224 g/mol. The van der Waals surface area contributed by atoms with Gasteiger partial charge in [-0.05, 0) is 11.4 Å². The van der Waals surface area contributed by atoms with E-state index in [0.29, 0.717) is 0 Å². The molecule has 84 valence electrons. The average Bonchev–Trinajstić information content (AvgIpc) is 2.98. The normalized spacial score (nSPS) is 14.6. The van der Waals surface area contributed by atoms with E-state index in [4.69, 9.17) is 0 Å². The number of imidazole rings is 1. The maximum atomic E-state index is 11.0. The van der Waals surface area contributed by atoms with Crippen LogP contribution in [0.1, 0.15) is 10.9 Å². The highest BCUT2D eigenvalue weighted by Crippen LogP contribution is 2.28. The van der Waals surface area contributed by atoms with Gasteiger partial charge in [-0.1, -0.05) is 6.07 Å². The molecule has 0 amide bonds. The molecule has 0 fully saturated rings. The van der Waals surface area contributed by atoms with Crippen LogP contribution in [0.4, 0.5) is 0 Å². The van der Waals surface area contributed by atoms with E-state index in [2.05, 4.69) is 4.98 Å². The molecule has 5 heteroatoms. The summed E-state index contributed by atoms with van der Waals surface area (Å²) in [5.74, 6) is -0.437. The number of hydrogen-bond donors (Lipinski definition) is 1. The number of thiophene rings is 1. The lowest BCUT2D eigenvalue weighted by Crippen LogP contribution is -2.23. The minimum absolute atomic E-state index is 0.162. The lowest BCUT2D eigenvalue weighted by Gasteiger charge is -2.21. The highest BCUT2D eigenvalue weighted by Gasteiger charge is 2.24. The number of aliphatic hydroxyl groups is 1. The molecule has 1 N–H and O–H groups in total. The maximum Gasteiger partial charge on any atom is 0.127 e. The van der Waals surface area contributed by atoms with Crippen molar-refractivity contribution in [1.29, 1.82) is 0 Å². The number of aromatic nitrogens is 2. The van der Waals surface area contributed by atoms with Gasteiger partial charge < -0.3 is 14.5 Å². The van der Waals surface area contributed by atoms with E-state index >= 15 is 0 Å². The highest BCUT2D eigenvalue weighted by molar-refractivity contribution is 7.10. The zero-order valence-corrected chi connectivity index (χ0v) is 9.38. The number of rotatable bonds is 5. The van der Waals surface area contributed by atoms with Gasteiger partial charge in [-0.15, -0.1) is 11.3 Å². The molecule has 16 heavy (non-hydrogen) atoms. The predicted octanol–water partition coefficient (Wildman–Crippen LogP) is 1.34. The number of carbonyl (C=O) groups is 1. The van der Waals surface area contributed by atoms with Gasteiger partial charge in [0.15, 0.2) is 0 Å². The fourth-order valence-corrected chi connectivity index (χ4v) is 2.60. The molecule has 0 aliphatic carbocycles. The van der Waals surface area contributed by atoms with Gasteiger partial charge >= 0.3 is 0 Å². The molecule has 2 rings (SSSR count). The van der Waals surface area contributed by atoms with Crippen LogP contribution in [0.25, 0.3) is 0 Å². The Bertz CT molecular complexity index is 391. The van der Waals surface area contributed by atoms with Gasteiger partial charge in [0, 0.05) is 17.3 Å². The van der Waals surface area contributed by atoms with Crippen molar-refractivity contribution in [2.75, 3.05) is 6.61 Å². The van der Waals surface area contributed by atoms with Crippen LogP contribution in [0, 0.1) is 5.92 Å². The van der Waals surface area contributed by atoms with Gasteiger partial charge in [-0.3, -0.25) is 0 Å². The van der Waals surface area contributed by atoms with Crippen LogP contribution < -0.4 is 0 Å². The summed E-state index contributed by atoms with van der Waals surface area (Å²) in [5.41, 5.74) is 0. The van der Waals surface area contributed by atoms with Gasteiger partial charge in [0.1, 0.15) is 6.29 Å². The summed E-state index contributed by atoms with van der Waals surface area (Å²) in [6.07, 6.45) is 5.93. The molecule has 2 heterocycles. The molecule has 0 saturated carbocycles. The predicted molar refractivity (Wildman–Crippen MR) is 61.3 cm³/mol. The summed E-state index contributed by atoms with van der Waals surface area (Å²) in [6, 6.07) is 3.73. The number of hydrogen-bond acceptors (Lipinski definition) is 4. The lowest BCUT2D eigenvalue weighted by molar-refractivity contribution is -0.113. The molecule has 0 saturated heterocycles. The van der Waals surface area contributed by atoms with Crippen LogP contribution in [0.5, 0.6) is 0 Å². The Balaban J connectivity index is 2.37. The molecule has 0 aliphatic heterocycles. The van der Waals surface area contributed by atoms with E-state index in [1.54, 1.807) is 30.1 Å². The number of nitrogens with zero attached hydrogens (tertiary/aromatic N) is 2. The van der Waals surface area contributed by atoms with Crippen molar-refractivity contribution in [3.05, 3.63) is 41.1 Å². The minimum atomic E-state index is -0.437. The smallest absolute Gasteiger partial charge is 0.127 e. The second-order valence-electron chi connectivity index (χ2n) is 3.45. The van der Waals surface area contributed by atoms with Gasteiger partial charge in [0.2, 0.25) is 0 Å². The van der Waals surface area contributed by atoms with Crippen LogP contribution >= 0.6 is 11.3 Å². The minimum Gasteiger partial charge on any atom is -0.396 e. The Morgan fingerprint density at radius 2 is 2.50 bits per heavy atom. The lowest BCUT2D eigenvalue weighted by atomic mass is 10.0. The molecule has 0 radical (unpaired) electrons. The summed E-state index contributed by atoms with van der Waals surface area (Å²) < 4.78 is 1.85. The van der Waals surface area contributed by atoms with Crippen molar-refractivity contribution < 1.29 is 9.90 Å². The Labute approximate surface area is 97.2 Å². The molecule has 2 aromatic rings. The van der Waals surface area contributed by atoms with Gasteiger partial charge in [-0.2, -0.15) is 0 Å². The molecule has 0 bridgehead atoms. The summed E-state index contributed by atoms with van der Waals surface area (Å²) in [6.45, 7) is -0.162. The van der Waals surface area contributed by atoms with Crippen molar-refractivity contribution in [2.24, 2.45) is 5.92 Å². The zero-order valence-electron chi connectivity index (χ0n) is 8.56. The first-order chi connectivity index (χ1) is 7.86. The Morgan fingerprint density at radius 3 is 3.00 bits per heavy atom. The topological polar surface area (TPSA) is 55.1 Å². The Morgan fingerprint density at radius 1 is 1.62 bits per heavy atom. The van der Waals surface area contributed by atoms with Crippen molar-refractivity contribution in [3.63, 3.8) is 0 Å². The first-order valence-corrected chi connectivity index (χ1v) is 5.81. The highest BCUT2D eigenvalue weighted by atomic mass is 32.1. The Kier molecular flexibility index (Phi) is 3.48. The summed E-state index contributed by atoms with van der Waals surface area (Å²) in [5, 5.41) is 11.2. The molecule has 2 atom stereocenters. The van der Waals surface area contributed by atoms with Crippen LogP contribution in [0.15, 0.2) is 36.2 Å². The molecule has 2 unspecified atom stereocenters. The second kappa shape index (κ2) is 5.05. The molecular formula is C11H12N2O2S. The number of carbonyl (C=O) groups excluding carboxylic acids is 1. The van der Waals surface area contributed by atoms with Crippen molar-refractivity contribution in [2.45, 2.75) is 6.04 Å². The maximum absolute atomic E-state index is 11.0. The largest absolute Gasteiger partial charge is 0.396 e. The van der Waals surface area contributed by atoms with Crippen molar-refractivity contribution >= 4 is 17.6 Å². The standard InChI is InChI=1S/C11H12N2O2S/c14-6-9(7-15)11(10-2-1-5-16-10)13-4-3-12-8-13/h1-6,8-9,11,15H,7H2. The van der Waals surface area contributed by atoms with Gasteiger partial charge in [0.25, 0.3) is 0 Å². The van der Waals surface area contributed by atoms with E-state index in [1.807, 2.05) is 22.1 Å². The third kappa shape index (κ3) is 2.05. The van der Waals surface area contributed by atoms with Gasteiger partial charge in [-0.25, -0.2) is 4.98 Å². The Hall–Kier alpha value is -1.46. The van der Waals surface area contributed by atoms with E-state index in [0.717, 1.165) is 11.2 Å². The quantitative estimate of drug-likeness (QED) is 0.797. The van der Waals surface area contributed by atoms with E-state index < -0.39 is 5.92 Å². The SMILES string of the molecule is O=CC(CO)C(c1cccs1)n1ccnc1. The monoisotopic (exact) mass is 236 g/mol. The van der Waals surface area contributed by atoms with Crippen molar-refractivity contribution in [3.8, 4) is 0 Å². The second-order valence-corrected chi connectivity index (χ2v) is 4.43. The van der Waals surface area contributed by atoms with Gasteiger partial charge in [0.05, 0.1) is 24.9 Å². The molecule has 4 nitrogen and oxygen atoms in total. The summed E-state index contributed by atoms with van der Waals surface area (Å²) in [7, 11) is 0. The van der Waals surface area contributed by atoms with Crippen LogP contribution in [0.3, 0.4) is 0 Å². The average molecular weight is 236 g/mol. The van der Waals surface area contributed by atoms with Crippen LogP contribution in [0.2, 0.25) is 0 Å². The summed E-state index contributed by atoms with van der Waals surface area (Å²) >= 11 is 1.57. The van der Waals surface area contributed by atoms with Crippen LogP contribution in [-0.2, 0) is 4.79 Å². The van der Waals surface area contributed by atoms with Crippen LogP contribution in [-0.4, -0.2) is 27.6 Å². The molecule has 0 aliphatic rings. The number of aldehydes is 1. The summed E-state index contributed by atoms with van der Waals surface area (Å²) in [4.78, 5) is 16.0. The third-order valence-electron chi connectivity index (χ3n) is 2.47. The van der Waals surface area contributed by atoms with E-state index in [9.17, 15) is 9.90 Å². The first-order valence-electron chi connectivity index (χ1n) is 4.94. The van der Waals surface area contributed by atoms with E-state index in [1.165, 1.54) is 0 Å². The molecule has 2 aromatic heterocycles.